The van der Waals surface area contributed by atoms with Crippen molar-refractivity contribution in [2.75, 3.05) is 38.3 Å². The highest BCUT2D eigenvalue weighted by Gasteiger charge is 2.14. The Morgan fingerprint density at radius 1 is 0.933 bits per heavy atom. The van der Waals surface area contributed by atoms with E-state index >= 15 is 0 Å². The van der Waals surface area contributed by atoms with Gasteiger partial charge in [0.05, 0.1) is 32.2 Å². The molecule has 1 aromatic carbocycles. The molecule has 1 saturated heterocycles. The minimum Gasteiger partial charge on any atom is -0.481 e. The fourth-order valence-corrected chi connectivity index (χ4v) is 3.75. The Labute approximate surface area is 173 Å². The molecule has 0 aliphatic carbocycles. The Kier molecular flexibility index (Phi) is 4.80. The smallest absolute Gasteiger partial charge is 0.212 e. The Morgan fingerprint density at radius 2 is 1.70 bits per heavy atom. The number of anilines is 1. The van der Waals surface area contributed by atoms with Crippen LogP contribution in [0.15, 0.2) is 61.1 Å². The summed E-state index contributed by atoms with van der Waals surface area (Å²) in [6.45, 7) is 3.27. The molecule has 30 heavy (non-hydrogen) atoms. The van der Waals surface area contributed by atoms with Gasteiger partial charge in [0.15, 0.2) is 11.5 Å². The summed E-state index contributed by atoms with van der Waals surface area (Å²) in [7, 11) is 1.57. The summed E-state index contributed by atoms with van der Waals surface area (Å²) in [6, 6.07) is 13.4. The average molecular weight is 404 g/mol. The van der Waals surface area contributed by atoms with E-state index in [9.17, 15) is 4.39 Å². The van der Waals surface area contributed by atoms with Crippen molar-refractivity contribution in [2.24, 2.45) is 0 Å². The van der Waals surface area contributed by atoms with Crippen molar-refractivity contribution in [2.45, 2.75) is 0 Å². The zero-order chi connectivity index (χ0) is 20.5. The molecule has 4 aromatic rings. The van der Waals surface area contributed by atoms with Crippen molar-refractivity contribution < 1.29 is 13.9 Å². The van der Waals surface area contributed by atoms with E-state index in [1.807, 2.05) is 24.4 Å². The van der Waals surface area contributed by atoms with Crippen molar-refractivity contribution in [1.29, 1.82) is 0 Å². The number of imidazole rings is 1. The maximum atomic E-state index is 14.8. The molecule has 0 spiro atoms. The second-order valence-corrected chi connectivity index (χ2v) is 7.15. The number of pyridine rings is 2. The fourth-order valence-electron chi connectivity index (χ4n) is 3.75. The number of aromatic nitrogens is 3. The molecule has 0 atom stereocenters. The molecule has 0 unspecified atom stereocenters. The quantitative estimate of drug-likeness (QED) is 0.514. The number of nitrogens with zero attached hydrogens (tertiary/aromatic N) is 4. The summed E-state index contributed by atoms with van der Waals surface area (Å²) in [5, 5.41) is 0. The van der Waals surface area contributed by atoms with Crippen LogP contribution in [0.2, 0.25) is 0 Å². The molecule has 152 valence electrons. The normalized spacial score (nSPS) is 14.3. The number of ether oxygens (including phenoxy) is 2. The van der Waals surface area contributed by atoms with Gasteiger partial charge in [-0.1, -0.05) is 12.1 Å². The lowest BCUT2D eigenvalue weighted by atomic mass is 10.1. The number of halogens is 1. The van der Waals surface area contributed by atoms with Gasteiger partial charge in [-0.3, -0.25) is 4.40 Å². The zero-order valence-electron chi connectivity index (χ0n) is 16.6. The van der Waals surface area contributed by atoms with Crippen LogP contribution in [-0.4, -0.2) is 47.8 Å². The lowest BCUT2D eigenvalue weighted by molar-refractivity contribution is 0.122. The molecule has 5 rings (SSSR count). The van der Waals surface area contributed by atoms with Crippen LogP contribution < -0.4 is 9.64 Å². The highest BCUT2D eigenvalue weighted by atomic mass is 19.1. The van der Waals surface area contributed by atoms with E-state index in [4.69, 9.17) is 9.47 Å². The molecule has 0 saturated carbocycles. The number of morpholine rings is 1. The molecule has 3 aromatic heterocycles. The number of methoxy groups -OCH3 is 1. The second kappa shape index (κ2) is 7.76. The van der Waals surface area contributed by atoms with Crippen molar-refractivity contribution in [3.63, 3.8) is 0 Å². The first-order chi connectivity index (χ1) is 14.7. The lowest BCUT2D eigenvalue weighted by Gasteiger charge is -2.28. The summed E-state index contributed by atoms with van der Waals surface area (Å²) >= 11 is 0. The van der Waals surface area contributed by atoms with Gasteiger partial charge in [0, 0.05) is 53.9 Å². The Bertz CT molecular complexity index is 1170. The number of hydrogen-bond acceptors (Lipinski definition) is 5. The van der Waals surface area contributed by atoms with Crippen LogP contribution in [0.1, 0.15) is 0 Å². The highest BCUT2D eigenvalue weighted by molar-refractivity contribution is 5.70. The maximum absolute atomic E-state index is 14.8. The first-order valence-electron chi connectivity index (χ1n) is 9.83. The third kappa shape index (κ3) is 3.37. The van der Waals surface area contributed by atoms with Crippen LogP contribution in [0.3, 0.4) is 0 Å². The van der Waals surface area contributed by atoms with Crippen molar-refractivity contribution in [1.82, 2.24) is 14.4 Å². The first kappa shape index (κ1) is 18.6. The van der Waals surface area contributed by atoms with Gasteiger partial charge in [-0.2, -0.15) is 0 Å². The third-order valence-electron chi connectivity index (χ3n) is 5.38. The number of benzene rings is 1. The second-order valence-electron chi connectivity index (χ2n) is 7.15. The van der Waals surface area contributed by atoms with Gasteiger partial charge in [0.1, 0.15) is 0 Å². The van der Waals surface area contributed by atoms with E-state index in [0.29, 0.717) is 11.5 Å². The van der Waals surface area contributed by atoms with E-state index in [1.165, 1.54) is 6.07 Å². The molecular weight excluding hydrogens is 383 g/mol. The summed E-state index contributed by atoms with van der Waals surface area (Å²) < 4.78 is 27.1. The summed E-state index contributed by atoms with van der Waals surface area (Å²) in [4.78, 5) is 10.8. The minimum absolute atomic E-state index is 0.299. The molecule has 0 radical (unpaired) electrons. The number of rotatable bonds is 4. The van der Waals surface area contributed by atoms with E-state index in [-0.39, 0.29) is 5.82 Å². The SMILES string of the molecule is COc1ccc(-c2cc(F)c3ncc(-c4ccc(N5CCOCC5)cc4)n3c2)cn1. The minimum atomic E-state index is -0.375. The summed E-state index contributed by atoms with van der Waals surface area (Å²) in [5.41, 5.74) is 4.79. The van der Waals surface area contributed by atoms with Gasteiger partial charge < -0.3 is 14.4 Å². The molecule has 1 aliphatic heterocycles. The molecule has 1 fully saturated rings. The van der Waals surface area contributed by atoms with Crippen molar-refractivity contribution in [3.8, 4) is 28.3 Å². The van der Waals surface area contributed by atoms with Gasteiger partial charge in [0.25, 0.3) is 0 Å². The maximum Gasteiger partial charge on any atom is 0.212 e. The molecule has 6 nitrogen and oxygen atoms in total. The lowest BCUT2D eigenvalue weighted by Crippen LogP contribution is -2.36. The number of fused-ring (bicyclic) bond motifs is 1. The van der Waals surface area contributed by atoms with Crippen LogP contribution in [0, 0.1) is 5.82 Å². The Balaban J connectivity index is 1.52. The highest BCUT2D eigenvalue weighted by Crippen LogP contribution is 2.28. The van der Waals surface area contributed by atoms with Gasteiger partial charge in [-0.25, -0.2) is 14.4 Å². The van der Waals surface area contributed by atoms with E-state index in [1.54, 1.807) is 30.0 Å². The Morgan fingerprint density at radius 3 is 2.40 bits per heavy atom. The predicted molar refractivity (Wildman–Crippen MR) is 113 cm³/mol. The third-order valence-corrected chi connectivity index (χ3v) is 5.38. The van der Waals surface area contributed by atoms with Crippen LogP contribution in [0.25, 0.3) is 28.0 Å². The monoisotopic (exact) mass is 404 g/mol. The van der Waals surface area contributed by atoms with Crippen LogP contribution in [0.5, 0.6) is 5.88 Å². The molecule has 7 heteroatoms. The van der Waals surface area contributed by atoms with Crippen LogP contribution in [0.4, 0.5) is 10.1 Å². The standard InChI is InChI=1S/C23H21FN4O2/c1-29-22-7-4-17(13-25-22)18-12-20(24)23-26-14-21(28(23)15-18)16-2-5-19(6-3-16)27-8-10-30-11-9-27/h2-7,12-15H,8-11H2,1H3. The molecular formula is C23H21FN4O2. The van der Waals surface area contributed by atoms with Gasteiger partial charge >= 0.3 is 0 Å². The average Bonchev–Trinajstić information content (AvgIpc) is 3.24. The Hall–Kier alpha value is -3.45. The van der Waals surface area contributed by atoms with Crippen LogP contribution >= 0.6 is 0 Å². The molecule has 0 bridgehead atoms. The van der Waals surface area contributed by atoms with E-state index in [0.717, 1.165) is 54.4 Å². The van der Waals surface area contributed by atoms with Gasteiger partial charge in [-0.05, 0) is 24.3 Å². The summed E-state index contributed by atoms with van der Waals surface area (Å²) in [6.07, 6.45) is 5.27. The van der Waals surface area contributed by atoms with Crippen molar-refractivity contribution in [3.05, 3.63) is 66.9 Å². The first-order valence-corrected chi connectivity index (χ1v) is 9.83. The molecule has 0 N–H and O–H groups in total. The van der Waals surface area contributed by atoms with Gasteiger partial charge in [0.2, 0.25) is 5.88 Å². The predicted octanol–water partition coefficient (Wildman–Crippen LogP) is 4.05. The van der Waals surface area contributed by atoms with E-state index < -0.39 is 0 Å². The van der Waals surface area contributed by atoms with E-state index in [2.05, 4.69) is 27.0 Å². The topological polar surface area (TPSA) is 51.9 Å². The molecule has 0 amide bonds. The fraction of sp³-hybridized carbons (Fsp3) is 0.217. The largest absolute Gasteiger partial charge is 0.481 e. The zero-order valence-corrected chi connectivity index (χ0v) is 16.6. The molecule has 4 heterocycles. The molecule has 1 aliphatic rings. The summed E-state index contributed by atoms with van der Waals surface area (Å²) in [5.74, 6) is 0.142. The van der Waals surface area contributed by atoms with Crippen molar-refractivity contribution >= 4 is 11.3 Å². The van der Waals surface area contributed by atoms with Crippen LogP contribution in [-0.2, 0) is 4.74 Å². The van der Waals surface area contributed by atoms with Gasteiger partial charge in [-0.15, -0.1) is 0 Å². The number of hydrogen-bond donors (Lipinski definition) is 0.